The lowest BCUT2D eigenvalue weighted by Crippen LogP contribution is -2.48. The lowest BCUT2D eigenvalue weighted by molar-refractivity contribution is 0.163. The van der Waals surface area contributed by atoms with Crippen molar-refractivity contribution in [2.45, 2.75) is 44.6 Å². The second-order valence-electron chi connectivity index (χ2n) is 8.44. The van der Waals surface area contributed by atoms with Gasteiger partial charge in [-0.1, -0.05) is 61.0 Å². The molecule has 0 aliphatic carbocycles. The summed E-state index contributed by atoms with van der Waals surface area (Å²) in [5, 5.41) is 4.08. The zero-order valence-electron chi connectivity index (χ0n) is 18.9. The van der Waals surface area contributed by atoms with Gasteiger partial charge in [0, 0.05) is 31.7 Å². The van der Waals surface area contributed by atoms with Crippen LogP contribution in [0.1, 0.15) is 43.2 Å². The van der Waals surface area contributed by atoms with Gasteiger partial charge >= 0.3 is 0 Å². The van der Waals surface area contributed by atoms with Gasteiger partial charge in [0.15, 0.2) is 0 Å². The molecular formula is C24H30N4O3S. The summed E-state index contributed by atoms with van der Waals surface area (Å²) < 4.78 is 33.1. The maximum absolute atomic E-state index is 13.1. The number of aryl methyl sites for hydroxylation is 1. The Labute approximate surface area is 190 Å². The van der Waals surface area contributed by atoms with E-state index in [1.165, 1.54) is 11.1 Å². The van der Waals surface area contributed by atoms with Crippen LogP contribution in [-0.4, -0.2) is 53.9 Å². The predicted molar refractivity (Wildman–Crippen MR) is 124 cm³/mol. The molecule has 1 fully saturated rings. The van der Waals surface area contributed by atoms with E-state index in [0.29, 0.717) is 55.3 Å². The highest BCUT2D eigenvalue weighted by atomic mass is 32.2. The molecule has 3 aromatic rings. The average molecular weight is 455 g/mol. The maximum atomic E-state index is 13.1. The second kappa shape index (κ2) is 9.52. The van der Waals surface area contributed by atoms with Crippen LogP contribution in [0.2, 0.25) is 0 Å². The molecule has 170 valence electrons. The Morgan fingerprint density at radius 2 is 1.66 bits per heavy atom. The fourth-order valence-corrected chi connectivity index (χ4v) is 5.23. The Morgan fingerprint density at radius 3 is 2.28 bits per heavy atom. The Bertz CT molecular complexity index is 1130. The summed E-state index contributed by atoms with van der Waals surface area (Å²) in [5.74, 6) is 1.53. The maximum Gasteiger partial charge on any atom is 0.243 e. The quantitative estimate of drug-likeness (QED) is 0.536. The van der Waals surface area contributed by atoms with Gasteiger partial charge in [-0.25, -0.2) is 8.42 Å². The van der Waals surface area contributed by atoms with Crippen molar-refractivity contribution in [3.05, 3.63) is 65.5 Å². The summed E-state index contributed by atoms with van der Waals surface area (Å²) in [7, 11) is -3.49. The zero-order chi connectivity index (χ0) is 22.7. The minimum atomic E-state index is -3.49. The summed E-state index contributed by atoms with van der Waals surface area (Å²) >= 11 is 0. The fraction of sp³-hybridized carbons (Fsp3) is 0.417. The molecule has 0 bridgehead atoms. The number of nitrogens with zero attached hydrogens (tertiary/aromatic N) is 4. The average Bonchev–Trinajstić information content (AvgIpc) is 3.28. The van der Waals surface area contributed by atoms with Crippen molar-refractivity contribution in [3.63, 3.8) is 0 Å². The number of aromatic nitrogens is 2. The van der Waals surface area contributed by atoms with Crippen LogP contribution in [0.4, 0.5) is 0 Å². The molecule has 0 N–H and O–H groups in total. The molecule has 2 aromatic carbocycles. The molecule has 4 rings (SSSR count). The van der Waals surface area contributed by atoms with Gasteiger partial charge in [0.25, 0.3) is 0 Å². The molecule has 32 heavy (non-hydrogen) atoms. The highest BCUT2D eigenvalue weighted by Crippen LogP contribution is 2.23. The number of sulfonamides is 1. The smallest absolute Gasteiger partial charge is 0.243 e. The molecule has 0 amide bonds. The molecule has 1 atom stereocenters. The minimum Gasteiger partial charge on any atom is -0.338 e. The second-order valence-corrected chi connectivity index (χ2v) is 10.4. The highest BCUT2D eigenvalue weighted by molar-refractivity contribution is 7.89. The van der Waals surface area contributed by atoms with E-state index in [1.807, 2.05) is 43.3 Å². The molecule has 1 aliphatic rings. The van der Waals surface area contributed by atoms with Crippen LogP contribution in [0.15, 0.2) is 57.9 Å². The Hall–Kier alpha value is -2.55. The van der Waals surface area contributed by atoms with Crippen molar-refractivity contribution >= 4 is 10.0 Å². The van der Waals surface area contributed by atoms with Crippen molar-refractivity contribution in [1.82, 2.24) is 19.3 Å². The van der Waals surface area contributed by atoms with Gasteiger partial charge in [-0.3, -0.25) is 4.90 Å². The Kier molecular flexibility index (Phi) is 6.74. The van der Waals surface area contributed by atoms with Gasteiger partial charge in [0.1, 0.15) is 0 Å². The Balaban J connectivity index is 1.35. The first-order chi connectivity index (χ1) is 15.4. The summed E-state index contributed by atoms with van der Waals surface area (Å²) in [6.45, 7) is 8.94. The first kappa shape index (κ1) is 22.6. The minimum absolute atomic E-state index is 0.359. The fourth-order valence-electron chi connectivity index (χ4n) is 3.81. The summed E-state index contributed by atoms with van der Waals surface area (Å²) in [5.41, 5.74) is 3.26. The summed E-state index contributed by atoms with van der Waals surface area (Å²) in [4.78, 5) is 7.00. The molecular weight excluding hydrogens is 424 g/mol. The molecule has 1 saturated heterocycles. The Morgan fingerprint density at radius 1 is 1.00 bits per heavy atom. The lowest BCUT2D eigenvalue weighted by atomic mass is 9.99. The van der Waals surface area contributed by atoms with Crippen LogP contribution in [0, 0.1) is 6.92 Å². The van der Waals surface area contributed by atoms with Crippen molar-refractivity contribution in [1.29, 1.82) is 0 Å². The van der Waals surface area contributed by atoms with Crippen molar-refractivity contribution in [2.24, 2.45) is 0 Å². The van der Waals surface area contributed by atoms with Crippen LogP contribution in [0.25, 0.3) is 11.4 Å². The topological polar surface area (TPSA) is 79.5 Å². The van der Waals surface area contributed by atoms with Gasteiger partial charge < -0.3 is 4.52 Å². The van der Waals surface area contributed by atoms with Gasteiger partial charge in [0.2, 0.25) is 21.7 Å². The summed E-state index contributed by atoms with van der Waals surface area (Å²) in [6, 6.07) is 15.3. The van der Waals surface area contributed by atoms with E-state index < -0.39 is 10.0 Å². The first-order valence-corrected chi connectivity index (χ1v) is 12.5. The molecule has 2 heterocycles. The first-order valence-electron chi connectivity index (χ1n) is 11.1. The van der Waals surface area contributed by atoms with E-state index in [9.17, 15) is 8.42 Å². The zero-order valence-corrected chi connectivity index (χ0v) is 19.7. The van der Waals surface area contributed by atoms with E-state index in [0.717, 1.165) is 12.0 Å². The predicted octanol–water partition coefficient (Wildman–Crippen LogP) is 4.07. The van der Waals surface area contributed by atoms with E-state index >= 15 is 0 Å². The van der Waals surface area contributed by atoms with Crippen LogP contribution in [0.5, 0.6) is 0 Å². The van der Waals surface area contributed by atoms with Gasteiger partial charge in [-0.2, -0.15) is 9.29 Å². The number of rotatable bonds is 7. The third kappa shape index (κ3) is 4.92. The standard InChI is InChI=1S/C24H30N4O3S/c1-4-19(3)20-9-11-22(12-10-20)32(29,30)28-15-13-27(14-16-28)17-23-25-24(26-31-23)21-7-5-18(2)6-8-21/h5-12,19H,4,13-17H2,1-3H3. The molecule has 8 heteroatoms. The SMILES string of the molecule is CCC(C)c1ccc(S(=O)(=O)N2CCN(Cc3nc(-c4ccc(C)cc4)no3)CC2)cc1. The van der Waals surface area contributed by atoms with Crippen LogP contribution >= 0.6 is 0 Å². The van der Waals surface area contributed by atoms with Gasteiger partial charge in [-0.15, -0.1) is 0 Å². The molecule has 7 nitrogen and oxygen atoms in total. The summed E-state index contributed by atoms with van der Waals surface area (Å²) in [6.07, 6.45) is 1.03. The third-order valence-corrected chi connectivity index (χ3v) is 8.08. The molecule has 0 radical (unpaired) electrons. The highest BCUT2D eigenvalue weighted by Gasteiger charge is 2.29. The van der Waals surface area contributed by atoms with E-state index in [2.05, 4.69) is 28.9 Å². The van der Waals surface area contributed by atoms with Gasteiger partial charge in [0.05, 0.1) is 11.4 Å². The number of benzene rings is 2. The number of hydrogen-bond acceptors (Lipinski definition) is 6. The van der Waals surface area contributed by atoms with E-state index in [1.54, 1.807) is 16.4 Å². The van der Waals surface area contributed by atoms with Crippen LogP contribution < -0.4 is 0 Å². The van der Waals surface area contributed by atoms with Crippen molar-refractivity contribution < 1.29 is 12.9 Å². The number of piperazine rings is 1. The molecule has 1 unspecified atom stereocenters. The lowest BCUT2D eigenvalue weighted by Gasteiger charge is -2.33. The monoisotopic (exact) mass is 454 g/mol. The van der Waals surface area contributed by atoms with Crippen molar-refractivity contribution in [3.8, 4) is 11.4 Å². The third-order valence-electron chi connectivity index (χ3n) is 6.17. The van der Waals surface area contributed by atoms with E-state index in [4.69, 9.17) is 4.52 Å². The van der Waals surface area contributed by atoms with Gasteiger partial charge in [-0.05, 0) is 37.0 Å². The molecule has 1 aliphatic heterocycles. The van der Waals surface area contributed by atoms with Crippen molar-refractivity contribution in [2.75, 3.05) is 26.2 Å². The largest absolute Gasteiger partial charge is 0.338 e. The number of hydrogen-bond donors (Lipinski definition) is 0. The normalized spacial score (nSPS) is 16.8. The van der Waals surface area contributed by atoms with Crippen LogP contribution in [-0.2, 0) is 16.6 Å². The molecule has 0 spiro atoms. The van der Waals surface area contributed by atoms with E-state index in [-0.39, 0.29) is 0 Å². The molecule has 1 aromatic heterocycles. The van der Waals surface area contributed by atoms with Crippen LogP contribution in [0.3, 0.4) is 0 Å². The molecule has 0 saturated carbocycles.